The summed E-state index contributed by atoms with van der Waals surface area (Å²) in [7, 11) is 3.50. The van der Waals surface area contributed by atoms with Crippen LogP contribution >= 0.6 is 0 Å². The number of rotatable bonds is 3. The lowest BCUT2D eigenvalue weighted by atomic mass is 9.82. The molecule has 1 aromatic carbocycles. The average Bonchev–Trinajstić information content (AvgIpc) is 3.29. The molecule has 1 saturated heterocycles. The van der Waals surface area contributed by atoms with Crippen LogP contribution in [0.1, 0.15) is 24.8 Å². The van der Waals surface area contributed by atoms with Crippen molar-refractivity contribution < 1.29 is 9.59 Å². The van der Waals surface area contributed by atoms with Crippen LogP contribution in [0.3, 0.4) is 0 Å². The molecule has 2 saturated carbocycles. The van der Waals surface area contributed by atoms with E-state index in [1.807, 2.05) is 29.2 Å². The van der Waals surface area contributed by atoms with Gasteiger partial charge in [0.1, 0.15) is 0 Å². The van der Waals surface area contributed by atoms with Crippen LogP contribution in [-0.4, -0.2) is 48.9 Å². The fraction of sp³-hybridized carbons (Fsp3) is 0.600. The van der Waals surface area contributed by atoms with Gasteiger partial charge in [-0.05, 0) is 54.6 Å². The van der Waals surface area contributed by atoms with E-state index >= 15 is 0 Å². The molecule has 25 heavy (non-hydrogen) atoms. The molecule has 1 heterocycles. The van der Waals surface area contributed by atoms with Crippen molar-refractivity contribution in [3.05, 3.63) is 29.8 Å². The Morgan fingerprint density at radius 3 is 2.40 bits per heavy atom. The summed E-state index contributed by atoms with van der Waals surface area (Å²) in [5, 5.41) is 3.05. The van der Waals surface area contributed by atoms with Gasteiger partial charge in [0.05, 0.1) is 6.42 Å². The van der Waals surface area contributed by atoms with Crippen molar-refractivity contribution >= 4 is 17.6 Å². The van der Waals surface area contributed by atoms with Crippen LogP contribution in [0.4, 0.5) is 10.5 Å². The molecule has 3 aliphatic rings. The molecule has 4 atom stereocenters. The molecular formula is C20H27N3O2. The van der Waals surface area contributed by atoms with Crippen molar-refractivity contribution in [3.63, 3.8) is 0 Å². The number of likely N-dealkylation sites (N-methyl/N-ethyl adjacent to an activating group) is 1. The third kappa shape index (κ3) is 3.00. The van der Waals surface area contributed by atoms with Gasteiger partial charge in [-0.25, -0.2) is 4.79 Å². The lowest BCUT2D eigenvalue weighted by molar-refractivity contribution is -0.127. The van der Waals surface area contributed by atoms with Gasteiger partial charge in [0.2, 0.25) is 5.91 Å². The molecule has 4 unspecified atom stereocenters. The Hall–Kier alpha value is -2.04. The second kappa shape index (κ2) is 6.36. The van der Waals surface area contributed by atoms with E-state index in [9.17, 15) is 9.59 Å². The number of fused-ring (bicyclic) bond motifs is 5. The number of carbonyl (C=O) groups excluding carboxylic acids is 2. The van der Waals surface area contributed by atoms with Crippen molar-refractivity contribution in [3.8, 4) is 0 Å². The third-order valence-corrected chi connectivity index (χ3v) is 6.52. The summed E-state index contributed by atoms with van der Waals surface area (Å²) in [4.78, 5) is 28.4. The van der Waals surface area contributed by atoms with Gasteiger partial charge in [-0.15, -0.1) is 0 Å². The highest BCUT2D eigenvalue weighted by Gasteiger charge is 2.52. The number of para-hydroxylation sites is 1. The van der Waals surface area contributed by atoms with E-state index in [1.54, 1.807) is 19.0 Å². The van der Waals surface area contributed by atoms with Crippen LogP contribution in [0, 0.1) is 23.7 Å². The second-order valence-corrected chi connectivity index (χ2v) is 8.12. The number of hydrogen-bond acceptors (Lipinski definition) is 2. The van der Waals surface area contributed by atoms with Gasteiger partial charge < -0.3 is 15.1 Å². The standard InChI is InChI=1S/C20H27N3O2/c1-22(2)19(24)10-15-5-3-4-6-18(15)21-20(25)23-11-16-13-7-8-14(9-13)17(16)12-23/h3-6,13-14,16-17H,7-12H2,1-2H3,(H,21,25). The van der Waals surface area contributed by atoms with Gasteiger partial charge in [-0.1, -0.05) is 18.2 Å². The van der Waals surface area contributed by atoms with E-state index in [4.69, 9.17) is 0 Å². The molecule has 1 aliphatic heterocycles. The minimum absolute atomic E-state index is 0.0152. The van der Waals surface area contributed by atoms with Crippen molar-refractivity contribution in [2.75, 3.05) is 32.5 Å². The van der Waals surface area contributed by atoms with E-state index in [0.717, 1.165) is 48.0 Å². The predicted molar refractivity (Wildman–Crippen MR) is 97.2 cm³/mol. The highest BCUT2D eigenvalue weighted by Crippen LogP contribution is 2.55. The van der Waals surface area contributed by atoms with Gasteiger partial charge in [0, 0.05) is 32.9 Å². The lowest BCUT2D eigenvalue weighted by Crippen LogP contribution is -2.34. The van der Waals surface area contributed by atoms with Crippen LogP contribution in [0.5, 0.6) is 0 Å². The first-order valence-electron chi connectivity index (χ1n) is 9.37. The first-order valence-corrected chi connectivity index (χ1v) is 9.37. The first kappa shape index (κ1) is 16.4. The number of benzene rings is 1. The van der Waals surface area contributed by atoms with Gasteiger partial charge >= 0.3 is 6.03 Å². The molecule has 5 heteroatoms. The van der Waals surface area contributed by atoms with Gasteiger partial charge in [-0.3, -0.25) is 4.79 Å². The highest BCUT2D eigenvalue weighted by atomic mass is 16.2. The van der Waals surface area contributed by atoms with Crippen molar-refractivity contribution in [1.82, 2.24) is 9.80 Å². The normalized spacial score (nSPS) is 29.6. The number of nitrogens with zero attached hydrogens (tertiary/aromatic N) is 2. The van der Waals surface area contributed by atoms with Gasteiger partial charge in [0.25, 0.3) is 0 Å². The van der Waals surface area contributed by atoms with Crippen molar-refractivity contribution in [1.29, 1.82) is 0 Å². The summed E-state index contributed by atoms with van der Waals surface area (Å²) in [6.45, 7) is 1.80. The fourth-order valence-corrected chi connectivity index (χ4v) is 5.16. The Morgan fingerprint density at radius 2 is 1.76 bits per heavy atom. The molecule has 1 N–H and O–H groups in total. The summed E-state index contributed by atoms with van der Waals surface area (Å²) in [5.74, 6) is 3.16. The maximum absolute atomic E-state index is 12.8. The molecule has 2 bridgehead atoms. The second-order valence-electron chi connectivity index (χ2n) is 8.12. The molecule has 4 rings (SSSR count). The highest BCUT2D eigenvalue weighted by molar-refractivity contribution is 5.91. The molecule has 5 nitrogen and oxygen atoms in total. The van der Waals surface area contributed by atoms with E-state index in [2.05, 4.69) is 5.32 Å². The maximum Gasteiger partial charge on any atom is 0.321 e. The van der Waals surface area contributed by atoms with Crippen LogP contribution < -0.4 is 5.32 Å². The van der Waals surface area contributed by atoms with E-state index in [0.29, 0.717) is 6.42 Å². The quantitative estimate of drug-likeness (QED) is 0.919. The number of carbonyl (C=O) groups is 2. The van der Waals surface area contributed by atoms with Crippen LogP contribution in [0.15, 0.2) is 24.3 Å². The molecule has 2 aliphatic carbocycles. The minimum atomic E-state index is -0.0152. The molecule has 1 aromatic rings. The van der Waals surface area contributed by atoms with Crippen molar-refractivity contribution in [2.24, 2.45) is 23.7 Å². The summed E-state index contributed by atoms with van der Waals surface area (Å²) in [5.41, 5.74) is 1.62. The summed E-state index contributed by atoms with van der Waals surface area (Å²) >= 11 is 0. The molecule has 134 valence electrons. The number of hydrogen-bond donors (Lipinski definition) is 1. The zero-order valence-electron chi connectivity index (χ0n) is 15.1. The number of urea groups is 1. The Kier molecular flexibility index (Phi) is 4.18. The van der Waals surface area contributed by atoms with Crippen molar-refractivity contribution in [2.45, 2.75) is 25.7 Å². The largest absolute Gasteiger partial charge is 0.349 e. The SMILES string of the molecule is CN(C)C(=O)Cc1ccccc1NC(=O)N1CC2C3CCC(C3)C2C1. The smallest absolute Gasteiger partial charge is 0.321 e. The fourth-order valence-electron chi connectivity index (χ4n) is 5.16. The molecular weight excluding hydrogens is 314 g/mol. The Balaban J connectivity index is 1.43. The molecule has 0 radical (unpaired) electrons. The topological polar surface area (TPSA) is 52.7 Å². The Bertz CT molecular complexity index is 669. The van der Waals surface area contributed by atoms with Gasteiger partial charge in [-0.2, -0.15) is 0 Å². The van der Waals surface area contributed by atoms with E-state index in [-0.39, 0.29) is 11.9 Å². The number of nitrogens with one attached hydrogen (secondary N) is 1. The van der Waals surface area contributed by atoms with Crippen LogP contribution in [-0.2, 0) is 11.2 Å². The number of amides is 3. The minimum Gasteiger partial charge on any atom is -0.349 e. The molecule has 0 spiro atoms. The first-order chi connectivity index (χ1) is 12.0. The molecule has 3 amide bonds. The molecule has 0 aromatic heterocycles. The summed E-state index contributed by atoms with van der Waals surface area (Å²) in [6.07, 6.45) is 4.41. The maximum atomic E-state index is 12.8. The third-order valence-electron chi connectivity index (χ3n) is 6.52. The average molecular weight is 341 g/mol. The zero-order valence-corrected chi connectivity index (χ0v) is 15.1. The zero-order chi connectivity index (χ0) is 17.6. The summed E-state index contributed by atoms with van der Waals surface area (Å²) in [6, 6.07) is 7.59. The van der Waals surface area contributed by atoms with Gasteiger partial charge in [0.15, 0.2) is 0 Å². The number of anilines is 1. The Morgan fingerprint density at radius 1 is 1.12 bits per heavy atom. The lowest BCUT2D eigenvalue weighted by Gasteiger charge is -2.22. The van der Waals surface area contributed by atoms with Crippen LogP contribution in [0.25, 0.3) is 0 Å². The monoisotopic (exact) mass is 341 g/mol. The Labute approximate surface area is 149 Å². The van der Waals surface area contributed by atoms with E-state index < -0.39 is 0 Å². The molecule has 3 fully saturated rings. The van der Waals surface area contributed by atoms with Crippen LogP contribution in [0.2, 0.25) is 0 Å². The predicted octanol–water partition coefficient (Wildman–Crippen LogP) is 2.83. The van der Waals surface area contributed by atoms with E-state index in [1.165, 1.54) is 19.3 Å². The summed E-state index contributed by atoms with van der Waals surface area (Å²) < 4.78 is 0. The number of likely N-dealkylation sites (tertiary alicyclic amines) is 1.